The fourth-order valence-electron chi connectivity index (χ4n) is 2.56. The molecule has 2 aromatic rings. The summed E-state index contributed by atoms with van der Waals surface area (Å²) < 4.78 is 4.03. The molecule has 90 valence electrons. The summed E-state index contributed by atoms with van der Waals surface area (Å²) in [5.74, 6) is 0.990. The smallest absolute Gasteiger partial charge is 0.158 e. The average Bonchev–Trinajstić information content (AvgIpc) is 2.83. The van der Waals surface area contributed by atoms with E-state index in [-0.39, 0.29) is 6.04 Å². The van der Waals surface area contributed by atoms with E-state index in [2.05, 4.69) is 16.7 Å². The highest BCUT2D eigenvalue weighted by Crippen LogP contribution is 2.25. The fraction of sp³-hybridized carbons (Fsp3) is 0.500. The molecular weight excluding hydrogens is 214 g/mol. The van der Waals surface area contributed by atoms with Gasteiger partial charge in [0, 0.05) is 38.4 Å². The number of aryl methyl sites for hydroxylation is 1. The van der Waals surface area contributed by atoms with Crippen LogP contribution in [0.5, 0.6) is 0 Å². The van der Waals surface area contributed by atoms with E-state index in [4.69, 9.17) is 10.7 Å². The van der Waals surface area contributed by atoms with Crippen LogP contribution in [0.1, 0.15) is 17.8 Å². The Morgan fingerprint density at radius 1 is 1.41 bits per heavy atom. The molecule has 1 unspecified atom stereocenters. The predicted octanol–water partition coefficient (Wildman–Crippen LogP) is 0.637. The standard InChI is InChI=1S/C12H17N5/c1-16-10-4-3-8(13)7-9(10)15-12(16)11-5-6-14-17(11)2/h5-6,8H,3-4,7,13H2,1-2H3. The van der Waals surface area contributed by atoms with E-state index in [1.807, 2.05) is 17.8 Å². The first-order chi connectivity index (χ1) is 8.16. The van der Waals surface area contributed by atoms with Crippen LogP contribution in [0.3, 0.4) is 0 Å². The second-order valence-electron chi connectivity index (χ2n) is 4.73. The maximum Gasteiger partial charge on any atom is 0.158 e. The second-order valence-corrected chi connectivity index (χ2v) is 4.73. The minimum absolute atomic E-state index is 0.261. The lowest BCUT2D eigenvalue weighted by Crippen LogP contribution is -2.28. The van der Waals surface area contributed by atoms with Gasteiger partial charge < -0.3 is 10.3 Å². The molecule has 0 spiro atoms. The first kappa shape index (κ1) is 10.5. The maximum absolute atomic E-state index is 5.99. The molecule has 0 saturated carbocycles. The second kappa shape index (κ2) is 3.70. The molecule has 0 bridgehead atoms. The largest absolute Gasteiger partial charge is 0.330 e. The van der Waals surface area contributed by atoms with Gasteiger partial charge in [-0.05, 0) is 18.9 Å². The Morgan fingerprint density at radius 3 is 2.94 bits per heavy atom. The zero-order chi connectivity index (χ0) is 12.0. The van der Waals surface area contributed by atoms with Gasteiger partial charge in [0.2, 0.25) is 0 Å². The SMILES string of the molecule is Cn1nccc1-c1nc2c(n1C)CCC(N)C2. The maximum atomic E-state index is 5.99. The minimum atomic E-state index is 0.261. The summed E-state index contributed by atoms with van der Waals surface area (Å²) >= 11 is 0. The van der Waals surface area contributed by atoms with Crippen LogP contribution in [0.15, 0.2) is 12.3 Å². The molecule has 17 heavy (non-hydrogen) atoms. The topological polar surface area (TPSA) is 61.7 Å². The zero-order valence-electron chi connectivity index (χ0n) is 10.2. The minimum Gasteiger partial charge on any atom is -0.330 e. The van der Waals surface area contributed by atoms with Crippen LogP contribution >= 0.6 is 0 Å². The number of aromatic nitrogens is 4. The Hall–Kier alpha value is -1.62. The van der Waals surface area contributed by atoms with E-state index < -0.39 is 0 Å². The molecule has 2 aromatic heterocycles. The van der Waals surface area contributed by atoms with Crippen molar-refractivity contribution < 1.29 is 0 Å². The van der Waals surface area contributed by atoms with Crippen molar-refractivity contribution in [1.82, 2.24) is 19.3 Å². The normalized spacial score (nSPS) is 19.4. The summed E-state index contributed by atoms with van der Waals surface area (Å²) in [5, 5.41) is 4.19. The monoisotopic (exact) mass is 231 g/mol. The summed E-state index contributed by atoms with van der Waals surface area (Å²) in [7, 11) is 4.01. The number of nitrogens with two attached hydrogens (primary N) is 1. The molecular formula is C12H17N5. The van der Waals surface area contributed by atoms with Crippen molar-refractivity contribution in [3.05, 3.63) is 23.7 Å². The zero-order valence-corrected chi connectivity index (χ0v) is 10.2. The summed E-state index contributed by atoms with van der Waals surface area (Å²) in [5.41, 5.74) is 9.52. The van der Waals surface area contributed by atoms with Crippen molar-refractivity contribution >= 4 is 0 Å². The molecule has 1 aliphatic rings. The molecule has 0 fully saturated rings. The van der Waals surface area contributed by atoms with E-state index in [0.717, 1.165) is 36.5 Å². The van der Waals surface area contributed by atoms with Crippen LogP contribution in [0, 0.1) is 0 Å². The van der Waals surface area contributed by atoms with Crippen molar-refractivity contribution in [2.45, 2.75) is 25.3 Å². The Balaban J connectivity index is 2.11. The molecule has 3 rings (SSSR count). The van der Waals surface area contributed by atoms with Crippen LogP contribution in [0.25, 0.3) is 11.5 Å². The molecule has 0 amide bonds. The predicted molar refractivity (Wildman–Crippen MR) is 65.4 cm³/mol. The van der Waals surface area contributed by atoms with Crippen molar-refractivity contribution in [2.24, 2.45) is 19.8 Å². The number of hydrogen-bond acceptors (Lipinski definition) is 3. The van der Waals surface area contributed by atoms with Gasteiger partial charge >= 0.3 is 0 Å². The van der Waals surface area contributed by atoms with Crippen molar-refractivity contribution in [1.29, 1.82) is 0 Å². The molecule has 0 aliphatic heterocycles. The van der Waals surface area contributed by atoms with E-state index in [1.165, 1.54) is 5.69 Å². The summed E-state index contributed by atoms with van der Waals surface area (Å²) in [6, 6.07) is 2.25. The lowest BCUT2D eigenvalue weighted by molar-refractivity contribution is 0.554. The van der Waals surface area contributed by atoms with Crippen LogP contribution in [-0.4, -0.2) is 25.4 Å². The fourth-order valence-corrected chi connectivity index (χ4v) is 2.56. The molecule has 1 aliphatic carbocycles. The molecule has 0 saturated heterocycles. The molecule has 2 heterocycles. The van der Waals surface area contributed by atoms with E-state index in [0.29, 0.717) is 0 Å². The quantitative estimate of drug-likeness (QED) is 0.783. The third-order valence-electron chi connectivity index (χ3n) is 3.55. The third kappa shape index (κ3) is 1.58. The highest BCUT2D eigenvalue weighted by atomic mass is 15.3. The van der Waals surface area contributed by atoms with Crippen LogP contribution in [-0.2, 0) is 26.9 Å². The number of nitrogens with zero attached hydrogens (tertiary/aromatic N) is 4. The summed E-state index contributed by atoms with van der Waals surface area (Å²) in [6.07, 6.45) is 4.77. The van der Waals surface area contributed by atoms with Gasteiger partial charge in [-0.15, -0.1) is 0 Å². The van der Waals surface area contributed by atoms with Crippen LogP contribution in [0.4, 0.5) is 0 Å². The Labute approximate surface area is 100 Å². The molecule has 1 atom stereocenters. The lowest BCUT2D eigenvalue weighted by atomic mass is 9.97. The number of rotatable bonds is 1. The molecule has 5 heteroatoms. The van der Waals surface area contributed by atoms with E-state index in [9.17, 15) is 0 Å². The van der Waals surface area contributed by atoms with Gasteiger partial charge in [-0.2, -0.15) is 5.10 Å². The van der Waals surface area contributed by atoms with Crippen molar-refractivity contribution in [2.75, 3.05) is 0 Å². The number of fused-ring (bicyclic) bond motifs is 1. The van der Waals surface area contributed by atoms with E-state index in [1.54, 1.807) is 6.20 Å². The van der Waals surface area contributed by atoms with Crippen LogP contribution in [0.2, 0.25) is 0 Å². The van der Waals surface area contributed by atoms with Gasteiger partial charge in [-0.25, -0.2) is 4.98 Å². The summed E-state index contributed by atoms with van der Waals surface area (Å²) in [4.78, 5) is 4.73. The highest BCUT2D eigenvalue weighted by molar-refractivity contribution is 5.52. The Morgan fingerprint density at radius 2 is 2.24 bits per heavy atom. The first-order valence-corrected chi connectivity index (χ1v) is 5.95. The molecule has 0 radical (unpaired) electrons. The third-order valence-corrected chi connectivity index (χ3v) is 3.55. The van der Waals surface area contributed by atoms with Gasteiger partial charge in [0.25, 0.3) is 0 Å². The summed E-state index contributed by atoms with van der Waals surface area (Å²) in [6.45, 7) is 0. The van der Waals surface area contributed by atoms with Gasteiger partial charge in [0.05, 0.1) is 5.69 Å². The van der Waals surface area contributed by atoms with Gasteiger partial charge in [0.15, 0.2) is 5.82 Å². The first-order valence-electron chi connectivity index (χ1n) is 5.95. The van der Waals surface area contributed by atoms with Crippen molar-refractivity contribution in [3.8, 4) is 11.5 Å². The molecule has 2 N–H and O–H groups in total. The van der Waals surface area contributed by atoms with Gasteiger partial charge in [-0.1, -0.05) is 0 Å². The number of imidazole rings is 1. The molecule has 5 nitrogen and oxygen atoms in total. The highest BCUT2D eigenvalue weighted by Gasteiger charge is 2.23. The van der Waals surface area contributed by atoms with Gasteiger partial charge in [-0.3, -0.25) is 4.68 Å². The Kier molecular flexibility index (Phi) is 2.29. The van der Waals surface area contributed by atoms with Gasteiger partial charge in [0.1, 0.15) is 5.69 Å². The number of hydrogen-bond donors (Lipinski definition) is 1. The van der Waals surface area contributed by atoms with Crippen LogP contribution < -0.4 is 5.73 Å². The van der Waals surface area contributed by atoms with E-state index >= 15 is 0 Å². The Bertz CT molecular complexity index is 551. The lowest BCUT2D eigenvalue weighted by Gasteiger charge is -2.17. The molecule has 0 aromatic carbocycles. The average molecular weight is 231 g/mol. The van der Waals surface area contributed by atoms with Crippen molar-refractivity contribution in [3.63, 3.8) is 0 Å².